The topological polar surface area (TPSA) is 89.6 Å². The van der Waals surface area contributed by atoms with Crippen LogP contribution in [0.3, 0.4) is 0 Å². The lowest BCUT2D eigenvalue weighted by Crippen LogP contribution is -2.18. The van der Waals surface area contributed by atoms with Crippen molar-refractivity contribution >= 4 is 11.8 Å². The Morgan fingerprint density at radius 1 is 1.55 bits per heavy atom. The van der Waals surface area contributed by atoms with Crippen molar-refractivity contribution in [1.29, 1.82) is 0 Å². The Morgan fingerprint density at radius 2 is 2.30 bits per heavy atom. The standard InChI is InChI=1S/C13H19N5OS/c1-4-18-12(19)16-17-13(18)20-11-8(2)5-10(7-15-11)6-9(3)14/h5,7,9H,4,6,14H2,1-3H3,(H,16,19). The van der Waals surface area contributed by atoms with E-state index in [2.05, 4.69) is 21.2 Å². The Balaban J connectivity index is 2.23. The van der Waals surface area contributed by atoms with Crippen LogP contribution in [-0.2, 0) is 13.0 Å². The van der Waals surface area contributed by atoms with E-state index in [1.165, 1.54) is 11.8 Å². The highest BCUT2D eigenvalue weighted by molar-refractivity contribution is 7.99. The van der Waals surface area contributed by atoms with E-state index in [0.717, 1.165) is 22.6 Å². The van der Waals surface area contributed by atoms with Crippen LogP contribution in [0.15, 0.2) is 27.2 Å². The summed E-state index contributed by atoms with van der Waals surface area (Å²) >= 11 is 1.39. The van der Waals surface area contributed by atoms with Gasteiger partial charge in [0.1, 0.15) is 5.03 Å². The van der Waals surface area contributed by atoms with Crippen molar-refractivity contribution in [3.63, 3.8) is 0 Å². The highest BCUT2D eigenvalue weighted by Gasteiger charge is 2.11. The zero-order chi connectivity index (χ0) is 14.7. The molecule has 0 fully saturated rings. The maximum Gasteiger partial charge on any atom is 0.343 e. The molecule has 2 aromatic rings. The van der Waals surface area contributed by atoms with Gasteiger partial charge in [-0.3, -0.25) is 4.57 Å². The minimum absolute atomic E-state index is 0.117. The molecule has 0 bridgehead atoms. The largest absolute Gasteiger partial charge is 0.343 e. The molecule has 0 saturated carbocycles. The fourth-order valence-corrected chi connectivity index (χ4v) is 2.87. The smallest absolute Gasteiger partial charge is 0.328 e. The quantitative estimate of drug-likeness (QED) is 0.868. The van der Waals surface area contributed by atoms with Crippen molar-refractivity contribution < 1.29 is 0 Å². The minimum atomic E-state index is -0.193. The lowest BCUT2D eigenvalue weighted by molar-refractivity contribution is 0.660. The SMILES string of the molecule is CCn1c(Sc2ncc(CC(C)N)cc2C)n[nH]c1=O. The number of hydrogen-bond acceptors (Lipinski definition) is 5. The maximum absolute atomic E-state index is 11.5. The van der Waals surface area contributed by atoms with Crippen LogP contribution in [0.1, 0.15) is 25.0 Å². The molecule has 1 unspecified atom stereocenters. The summed E-state index contributed by atoms with van der Waals surface area (Å²) in [5, 5.41) is 7.97. The molecule has 108 valence electrons. The summed E-state index contributed by atoms with van der Waals surface area (Å²) in [7, 11) is 0. The van der Waals surface area contributed by atoms with Crippen LogP contribution < -0.4 is 11.4 Å². The number of rotatable bonds is 5. The van der Waals surface area contributed by atoms with Crippen molar-refractivity contribution in [2.75, 3.05) is 0 Å². The number of pyridine rings is 1. The van der Waals surface area contributed by atoms with E-state index in [-0.39, 0.29) is 11.7 Å². The Morgan fingerprint density at radius 3 is 2.90 bits per heavy atom. The lowest BCUT2D eigenvalue weighted by atomic mass is 10.1. The summed E-state index contributed by atoms with van der Waals surface area (Å²) in [4.78, 5) is 16.0. The van der Waals surface area contributed by atoms with Crippen LogP contribution in [0.25, 0.3) is 0 Å². The Hall–Kier alpha value is -1.60. The molecule has 2 rings (SSSR count). The first-order valence-corrected chi connectivity index (χ1v) is 7.37. The lowest BCUT2D eigenvalue weighted by Gasteiger charge is -2.09. The second kappa shape index (κ2) is 6.23. The van der Waals surface area contributed by atoms with Crippen LogP contribution in [0.4, 0.5) is 0 Å². The molecular formula is C13H19N5OS. The molecule has 0 aliphatic rings. The summed E-state index contributed by atoms with van der Waals surface area (Å²) < 4.78 is 1.58. The van der Waals surface area contributed by atoms with Crippen LogP contribution in [0.5, 0.6) is 0 Å². The third-order valence-corrected chi connectivity index (χ3v) is 3.99. The summed E-state index contributed by atoms with van der Waals surface area (Å²) in [5.41, 5.74) is 7.78. The van der Waals surface area contributed by atoms with E-state index in [4.69, 9.17) is 5.73 Å². The number of aromatic amines is 1. The molecule has 0 radical (unpaired) electrons. The van der Waals surface area contributed by atoms with Gasteiger partial charge in [0.05, 0.1) is 0 Å². The Bertz CT molecular complexity index is 646. The normalized spacial score (nSPS) is 12.6. The summed E-state index contributed by atoms with van der Waals surface area (Å²) in [6.45, 7) is 6.47. The van der Waals surface area contributed by atoms with E-state index < -0.39 is 0 Å². The van der Waals surface area contributed by atoms with E-state index >= 15 is 0 Å². The zero-order valence-electron chi connectivity index (χ0n) is 11.9. The number of nitrogens with one attached hydrogen (secondary N) is 1. The summed E-state index contributed by atoms with van der Waals surface area (Å²) in [6.07, 6.45) is 2.64. The van der Waals surface area contributed by atoms with Gasteiger partial charge < -0.3 is 5.73 Å². The average Bonchev–Trinajstić information content (AvgIpc) is 2.72. The van der Waals surface area contributed by atoms with E-state index in [1.54, 1.807) is 4.57 Å². The number of nitrogens with two attached hydrogens (primary N) is 1. The van der Waals surface area contributed by atoms with Gasteiger partial charge in [0.15, 0.2) is 5.16 Å². The van der Waals surface area contributed by atoms with Gasteiger partial charge in [0.2, 0.25) is 0 Å². The van der Waals surface area contributed by atoms with Gasteiger partial charge >= 0.3 is 5.69 Å². The number of aromatic nitrogens is 4. The van der Waals surface area contributed by atoms with Crippen LogP contribution in [0, 0.1) is 6.92 Å². The van der Waals surface area contributed by atoms with Gasteiger partial charge in [-0.1, -0.05) is 6.07 Å². The predicted molar refractivity (Wildman–Crippen MR) is 79.0 cm³/mol. The molecular weight excluding hydrogens is 274 g/mol. The third kappa shape index (κ3) is 3.29. The van der Waals surface area contributed by atoms with Gasteiger partial charge in [0.25, 0.3) is 0 Å². The molecule has 0 spiro atoms. The molecule has 0 saturated heterocycles. The molecule has 20 heavy (non-hydrogen) atoms. The predicted octanol–water partition coefficient (Wildman–Crippen LogP) is 1.34. The van der Waals surface area contributed by atoms with Gasteiger partial charge in [-0.05, 0) is 50.1 Å². The van der Waals surface area contributed by atoms with Gasteiger partial charge in [0, 0.05) is 18.8 Å². The van der Waals surface area contributed by atoms with E-state index in [0.29, 0.717) is 11.7 Å². The second-order valence-electron chi connectivity index (χ2n) is 4.80. The molecule has 7 heteroatoms. The molecule has 0 aliphatic carbocycles. The molecule has 0 aromatic carbocycles. The molecule has 6 nitrogen and oxygen atoms in total. The van der Waals surface area contributed by atoms with Crippen LogP contribution in [-0.4, -0.2) is 25.8 Å². The molecule has 1 atom stereocenters. The van der Waals surface area contributed by atoms with Gasteiger partial charge in [-0.25, -0.2) is 14.9 Å². The van der Waals surface area contributed by atoms with Crippen molar-refractivity contribution in [3.05, 3.63) is 33.9 Å². The second-order valence-corrected chi connectivity index (χ2v) is 5.76. The highest BCUT2D eigenvalue weighted by Crippen LogP contribution is 2.26. The van der Waals surface area contributed by atoms with Crippen molar-refractivity contribution in [2.45, 2.75) is 50.0 Å². The van der Waals surface area contributed by atoms with Crippen LogP contribution >= 0.6 is 11.8 Å². The van der Waals surface area contributed by atoms with Crippen LogP contribution in [0.2, 0.25) is 0 Å². The van der Waals surface area contributed by atoms with E-state index in [9.17, 15) is 4.79 Å². The fourth-order valence-electron chi connectivity index (χ4n) is 1.96. The maximum atomic E-state index is 11.5. The number of aryl methyl sites for hydroxylation is 1. The van der Waals surface area contributed by atoms with Crippen molar-refractivity contribution in [3.8, 4) is 0 Å². The monoisotopic (exact) mass is 293 g/mol. The van der Waals surface area contributed by atoms with Crippen molar-refractivity contribution in [1.82, 2.24) is 19.7 Å². The first kappa shape index (κ1) is 14.8. The number of H-pyrrole nitrogens is 1. The molecule has 2 heterocycles. The molecule has 0 aliphatic heterocycles. The molecule has 0 amide bonds. The number of hydrogen-bond donors (Lipinski definition) is 2. The molecule has 3 N–H and O–H groups in total. The minimum Gasteiger partial charge on any atom is -0.328 e. The van der Waals surface area contributed by atoms with E-state index in [1.807, 2.05) is 27.0 Å². The van der Waals surface area contributed by atoms with Gasteiger partial charge in [-0.2, -0.15) is 0 Å². The fraction of sp³-hybridized carbons (Fsp3) is 0.462. The summed E-state index contributed by atoms with van der Waals surface area (Å²) in [6, 6.07) is 2.20. The first-order valence-electron chi connectivity index (χ1n) is 6.55. The molecule has 2 aromatic heterocycles. The Kier molecular flexibility index (Phi) is 4.61. The van der Waals surface area contributed by atoms with Crippen molar-refractivity contribution in [2.24, 2.45) is 5.73 Å². The Labute approximate surface area is 121 Å². The van der Waals surface area contributed by atoms with Gasteiger partial charge in [-0.15, -0.1) is 5.10 Å². The summed E-state index contributed by atoms with van der Waals surface area (Å²) in [5.74, 6) is 0. The third-order valence-electron chi connectivity index (χ3n) is 2.87. The average molecular weight is 293 g/mol. The first-order chi connectivity index (χ1) is 9.51. The highest BCUT2D eigenvalue weighted by atomic mass is 32.2. The zero-order valence-corrected chi connectivity index (χ0v) is 12.7. The number of nitrogens with zero attached hydrogens (tertiary/aromatic N) is 3.